The Morgan fingerprint density at radius 2 is 1.68 bits per heavy atom. The standard InChI is InChI=1S/C23H32N4O/c1-4-5-6-7-8-22(28)27-15-13-26(14-16-27)21-17-19(3)24-23(25-21)20-11-9-18(2)10-12-20/h9-12,17H,4-8,13-16H2,1-3H3. The summed E-state index contributed by atoms with van der Waals surface area (Å²) in [6.45, 7) is 9.48. The van der Waals surface area contributed by atoms with Gasteiger partial charge in [-0.25, -0.2) is 9.97 Å². The molecule has 1 aromatic heterocycles. The molecule has 1 saturated heterocycles. The fourth-order valence-corrected chi connectivity index (χ4v) is 3.59. The molecule has 5 nitrogen and oxygen atoms in total. The van der Waals surface area contributed by atoms with Crippen molar-refractivity contribution in [1.82, 2.24) is 14.9 Å². The monoisotopic (exact) mass is 380 g/mol. The van der Waals surface area contributed by atoms with E-state index < -0.39 is 0 Å². The molecule has 0 saturated carbocycles. The highest BCUT2D eigenvalue weighted by Crippen LogP contribution is 2.22. The van der Waals surface area contributed by atoms with E-state index in [4.69, 9.17) is 4.98 Å². The predicted octanol–water partition coefficient (Wildman–Crippen LogP) is 4.38. The summed E-state index contributed by atoms with van der Waals surface area (Å²) in [6.07, 6.45) is 5.28. The molecule has 0 bridgehead atoms. The molecule has 1 amide bonds. The lowest BCUT2D eigenvalue weighted by molar-refractivity contribution is -0.131. The number of nitrogens with zero attached hydrogens (tertiary/aromatic N) is 4. The van der Waals surface area contributed by atoms with Crippen molar-refractivity contribution >= 4 is 11.7 Å². The SMILES string of the molecule is CCCCCCC(=O)N1CCN(c2cc(C)nc(-c3ccc(C)cc3)n2)CC1. The van der Waals surface area contributed by atoms with Crippen molar-refractivity contribution in [2.75, 3.05) is 31.1 Å². The van der Waals surface area contributed by atoms with Gasteiger partial charge in [-0.1, -0.05) is 56.0 Å². The summed E-state index contributed by atoms with van der Waals surface area (Å²) in [4.78, 5) is 26.1. The van der Waals surface area contributed by atoms with Gasteiger partial charge in [-0.05, 0) is 20.3 Å². The summed E-state index contributed by atoms with van der Waals surface area (Å²) < 4.78 is 0. The summed E-state index contributed by atoms with van der Waals surface area (Å²) in [6, 6.07) is 10.4. The molecule has 1 aliphatic rings. The van der Waals surface area contributed by atoms with E-state index in [2.05, 4.69) is 48.0 Å². The van der Waals surface area contributed by atoms with Crippen LogP contribution in [0.4, 0.5) is 5.82 Å². The summed E-state index contributed by atoms with van der Waals surface area (Å²) >= 11 is 0. The van der Waals surface area contributed by atoms with Gasteiger partial charge in [-0.2, -0.15) is 0 Å². The Hall–Kier alpha value is -2.43. The van der Waals surface area contributed by atoms with Gasteiger partial charge in [0.25, 0.3) is 0 Å². The molecular formula is C23H32N4O. The van der Waals surface area contributed by atoms with Crippen molar-refractivity contribution in [1.29, 1.82) is 0 Å². The van der Waals surface area contributed by atoms with Crippen LogP contribution >= 0.6 is 0 Å². The lowest BCUT2D eigenvalue weighted by Gasteiger charge is -2.35. The zero-order chi connectivity index (χ0) is 19.9. The number of unbranched alkanes of at least 4 members (excludes halogenated alkanes) is 3. The van der Waals surface area contributed by atoms with Crippen LogP contribution in [0.3, 0.4) is 0 Å². The lowest BCUT2D eigenvalue weighted by Crippen LogP contribution is -2.49. The molecular weight excluding hydrogens is 348 g/mol. The van der Waals surface area contributed by atoms with Crippen molar-refractivity contribution in [2.24, 2.45) is 0 Å². The second-order valence-corrected chi connectivity index (χ2v) is 7.74. The van der Waals surface area contributed by atoms with E-state index in [-0.39, 0.29) is 0 Å². The Balaban J connectivity index is 1.61. The zero-order valence-corrected chi connectivity index (χ0v) is 17.4. The quantitative estimate of drug-likeness (QED) is 0.669. The highest BCUT2D eigenvalue weighted by atomic mass is 16.2. The van der Waals surface area contributed by atoms with Gasteiger partial charge in [0.15, 0.2) is 5.82 Å². The molecule has 1 aliphatic heterocycles. The summed E-state index contributed by atoms with van der Waals surface area (Å²) in [5.41, 5.74) is 3.23. The molecule has 5 heteroatoms. The molecule has 28 heavy (non-hydrogen) atoms. The van der Waals surface area contributed by atoms with Gasteiger partial charge < -0.3 is 9.80 Å². The normalized spacial score (nSPS) is 14.4. The summed E-state index contributed by atoms with van der Waals surface area (Å²) in [5, 5.41) is 0. The first-order valence-electron chi connectivity index (χ1n) is 10.5. The van der Waals surface area contributed by atoms with Crippen LogP contribution in [0, 0.1) is 13.8 Å². The van der Waals surface area contributed by atoms with Crippen LogP contribution in [0.1, 0.15) is 50.3 Å². The van der Waals surface area contributed by atoms with E-state index in [1.807, 2.05) is 17.9 Å². The maximum Gasteiger partial charge on any atom is 0.222 e. The van der Waals surface area contributed by atoms with Crippen molar-refractivity contribution in [3.63, 3.8) is 0 Å². The van der Waals surface area contributed by atoms with E-state index in [1.165, 1.54) is 18.4 Å². The minimum absolute atomic E-state index is 0.301. The molecule has 1 aromatic carbocycles. The molecule has 0 atom stereocenters. The van der Waals surface area contributed by atoms with E-state index >= 15 is 0 Å². The lowest BCUT2D eigenvalue weighted by atomic mass is 10.1. The third kappa shape index (κ3) is 5.31. The Labute approximate surface area is 168 Å². The minimum atomic E-state index is 0.301. The van der Waals surface area contributed by atoms with E-state index in [0.717, 1.165) is 61.9 Å². The van der Waals surface area contributed by atoms with E-state index in [1.54, 1.807) is 0 Å². The molecule has 0 unspecified atom stereocenters. The van der Waals surface area contributed by atoms with Gasteiger partial charge in [0.1, 0.15) is 5.82 Å². The first-order valence-corrected chi connectivity index (χ1v) is 10.5. The number of carbonyl (C=O) groups excluding carboxylic acids is 1. The van der Waals surface area contributed by atoms with Crippen LogP contribution in [0.5, 0.6) is 0 Å². The Kier molecular flexibility index (Phi) is 7.01. The number of hydrogen-bond donors (Lipinski definition) is 0. The first kappa shape index (κ1) is 20.3. The fraction of sp³-hybridized carbons (Fsp3) is 0.522. The Bertz CT molecular complexity index is 780. The Morgan fingerprint density at radius 1 is 0.964 bits per heavy atom. The van der Waals surface area contributed by atoms with Gasteiger partial charge >= 0.3 is 0 Å². The van der Waals surface area contributed by atoms with Crippen molar-refractivity contribution in [2.45, 2.75) is 52.9 Å². The average molecular weight is 381 g/mol. The number of hydrogen-bond acceptors (Lipinski definition) is 4. The maximum atomic E-state index is 12.4. The van der Waals surface area contributed by atoms with Gasteiger partial charge in [-0.15, -0.1) is 0 Å². The zero-order valence-electron chi connectivity index (χ0n) is 17.4. The first-order chi connectivity index (χ1) is 13.6. The molecule has 2 aromatic rings. The van der Waals surface area contributed by atoms with Crippen LogP contribution in [0.25, 0.3) is 11.4 Å². The maximum absolute atomic E-state index is 12.4. The number of aromatic nitrogens is 2. The number of amides is 1. The molecule has 2 heterocycles. The molecule has 150 valence electrons. The fourth-order valence-electron chi connectivity index (χ4n) is 3.59. The van der Waals surface area contributed by atoms with Gasteiger partial charge in [0.05, 0.1) is 0 Å². The number of carbonyl (C=O) groups is 1. The topological polar surface area (TPSA) is 49.3 Å². The smallest absolute Gasteiger partial charge is 0.222 e. The third-order valence-corrected chi connectivity index (χ3v) is 5.35. The van der Waals surface area contributed by atoms with Crippen LogP contribution in [0.15, 0.2) is 30.3 Å². The second kappa shape index (κ2) is 9.67. The van der Waals surface area contributed by atoms with Crippen LogP contribution < -0.4 is 4.90 Å². The number of piperazine rings is 1. The molecule has 0 spiro atoms. The largest absolute Gasteiger partial charge is 0.353 e. The van der Waals surface area contributed by atoms with Gasteiger partial charge in [-0.3, -0.25) is 4.79 Å². The molecule has 0 radical (unpaired) electrons. The van der Waals surface area contributed by atoms with Crippen LogP contribution in [-0.4, -0.2) is 47.0 Å². The predicted molar refractivity (Wildman–Crippen MR) is 114 cm³/mol. The Morgan fingerprint density at radius 3 is 2.36 bits per heavy atom. The number of rotatable bonds is 7. The average Bonchev–Trinajstić information content (AvgIpc) is 2.71. The molecule has 0 N–H and O–H groups in total. The second-order valence-electron chi connectivity index (χ2n) is 7.74. The highest BCUT2D eigenvalue weighted by molar-refractivity contribution is 5.76. The van der Waals surface area contributed by atoms with E-state index in [9.17, 15) is 4.79 Å². The van der Waals surface area contributed by atoms with Crippen LogP contribution in [0.2, 0.25) is 0 Å². The van der Waals surface area contributed by atoms with Crippen molar-refractivity contribution in [3.8, 4) is 11.4 Å². The number of aryl methyl sites for hydroxylation is 2. The molecule has 0 aliphatic carbocycles. The minimum Gasteiger partial charge on any atom is -0.353 e. The van der Waals surface area contributed by atoms with Crippen molar-refractivity contribution < 1.29 is 4.79 Å². The van der Waals surface area contributed by atoms with Gasteiger partial charge in [0, 0.05) is 49.9 Å². The third-order valence-electron chi connectivity index (χ3n) is 5.35. The number of anilines is 1. The summed E-state index contributed by atoms with van der Waals surface area (Å²) in [7, 11) is 0. The molecule has 1 fully saturated rings. The van der Waals surface area contributed by atoms with Crippen molar-refractivity contribution in [3.05, 3.63) is 41.6 Å². The summed E-state index contributed by atoms with van der Waals surface area (Å²) in [5.74, 6) is 2.03. The number of benzene rings is 1. The van der Waals surface area contributed by atoms with Crippen LogP contribution in [-0.2, 0) is 4.79 Å². The van der Waals surface area contributed by atoms with E-state index in [0.29, 0.717) is 12.3 Å². The van der Waals surface area contributed by atoms with Gasteiger partial charge in [0.2, 0.25) is 5.91 Å². The molecule has 3 rings (SSSR count). The highest BCUT2D eigenvalue weighted by Gasteiger charge is 2.22.